The molecule has 0 bridgehead atoms. The van der Waals surface area contributed by atoms with Crippen molar-refractivity contribution < 1.29 is 23.9 Å². The normalized spacial score (nSPS) is 14.4. The summed E-state index contributed by atoms with van der Waals surface area (Å²) in [7, 11) is 0. The van der Waals surface area contributed by atoms with Gasteiger partial charge in [-0.2, -0.15) is 0 Å². The molecule has 0 radical (unpaired) electrons. The number of nitrogens with zero attached hydrogens (tertiary/aromatic N) is 1. The van der Waals surface area contributed by atoms with Crippen molar-refractivity contribution in [2.24, 2.45) is 0 Å². The highest BCUT2D eigenvalue weighted by atomic mass is 35.5. The standard InChI is InChI=1S/C9H8ClF2NO4/c10-3-8(14)9(15)4-1-5(11)6(12)2-7(4)13(16)17/h1-2,8-9,14-15H,3H2. The molecule has 17 heavy (non-hydrogen) atoms. The van der Waals surface area contributed by atoms with E-state index in [2.05, 4.69) is 0 Å². The van der Waals surface area contributed by atoms with Gasteiger partial charge in [0, 0.05) is 0 Å². The third-order valence-electron chi connectivity index (χ3n) is 2.11. The van der Waals surface area contributed by atoms with E-state index in [1.165, 1.54) is 0 Å². The van der Waals surface area contributed by atoms with Crippen LogP contribution < -0.4 is 0 Å². The Morgan fingerprint density at radius 3 is 2.35 bits per heavy atom. The maximum atomic E-state index is 12.9. The maximum Gasteiger partial charge on any atom is 0.278 e. The van der Waals surface area contributed by atoms with Crippen molar-refractivity contribution in [3.63, 3.8) is 0 Å². The first kappa shape index (κ1) is 13.8. The molecule has 0 amide bonds. The molecule has 0 aromatic heterocycles. The Morgan fingerprint density at radius 2 is 1.88 bits per heavy atom. The van der Waals surface area contributed by atoms with E-state index in [0.717, 1.165) is 0 Å². The number of nitro groups is 1. The third-order valence-corrected chi connectivity index (χ3v) is 2.42. The molecule has 0 aliphatic heterocycles. The van der Waals surface area contributed by atoms with Crippen LogP contribution in [-0.4, -0.2) is 27.1 Å². The van der Waals surface area contributed by atoms with Gasteiger partial charge in [-0.15, -0.1) is 11.6 Å². The van der Waals surface area contributed by atoms with Crippen LogP contribution in [-0.2, 0) is 0 Å². The minimum absolute atomic E-state index is 0.342. The largest absolute Gasteiger partial charge is 0.389 e. The molecule has 0 spiro atoms. The number of halogens is 3. The Bertz CT molecular complexity index is 443. The molecular weight excluding hydrogens is 260 g/mol. The van der Waals surface area contributed by atoms with Crippen molar-refractivity contribution >= 4 is 17.3 Å². The van der Waals surface area contributed by atoms with E-state index in [-0.39, 0.29) is 0 Å². The Balaban J connectivity index is 3.30. The van der Waals surface area contributed by atoms with Gasteiger partial charge in [-0.1, -0.05) is 0 Å². The summed E-state index contributed by atoms with van der Waals surface area (Å²) in [6.45, 7) is 0. The zero-order valence-electron chi connectivity index (χ0n) is 8.31. The number of hydrogen-bond acceptors (Lipinski definition) is 4. The number of hydrogen-bond donors (Lipinski definition) is 2. The lowest BCUT2D eigenvalue weighted by molar-refractivity contribution is -0.386. The molecule has 8 heteroatoms. The highest BCUT2D eigenvalue weighted by Crippen LogP contribution is 2.29. The summed E-state index contributed by atoms with van der Waals surface area (Å²) in [5, 5.41) is 29.3. The van der Waals surface area contributed by atoms with Crippen LogP contribution in [0.2, 0.25) is 0 Å². The van der Waals surface area contributed by atoms with Gasteiger partial charge in [-0.05, 0) is 6.07 Å². The molecule has 2 atom stereocenters. The van der Waals surface area contributed by atoms with Crippen LogP contribution in [0.25, 0.3) is 0 Å². The molecule has 0 fully saturated rings. The predicted molar refractivity (Wildman–Crippen MR) is 54.7 cm³/mol. The molecule has 2 N–H and O–H groups in total. The van der Waals surface area contributed by atoms with E-state index in [4.69, 9.17) is 11.6 Å². The van der Waals surface area contributed by atoms with E-state index in [1.54, 1.807) is 0 Å². The molecule has 0 saturated carbocycles. The number of aliphatic hydroxyl groups is 2. The van der Waals surface area contributed by atoms with Crippen LogP contribution in [0.3, 0.4) is 0 Å². The first-order valence-electron chi connectivity index (χ1n) is 4.44. The molecule has 2 unspecified atom stereocenters. The lowest BCUT2D eigenvalue weighted by atomic mass is 10.0. The lowest BCUT2D eigenvalue weighted by Gasteiger charge is -2.15. The summed E-state index contributed by atoms with van der Waals surface area (Å²) in [6, 6.07) is 0.808. The quantitative estimate of drug-likeness (QED) is 0.492. The van der Waals surface area contributed by atoms with Gasteiger partial charge in [0.2, 0.25) is 0 Å². The minimum atomic E-state index is -1.76. The second kappa shape index (κ2) is 5.35. The maximum absolute atomic E-state index is 12.9. The van der Waals surface area contributed by atoms with Gasteiger partial charge in [0.05, 0.1) is 28.5 Å². The van der Waals surface area contributed by atoms with Crippen molar-refractivity contribution in [1.82, 2.24) is 0 Å². The van der Waals surface area contributed by atoms with Gasteiger partial charge in [0.25, 0.3) is 5.69 Å². The molecular formula is C9H8ClF2NO4. The van der Waals surface area contributed by atoms with Crippen LogP contribution in [0.15, 0.2) is 12.1 Å². The highest BCUT2D eigenvalue weighted by Gasteiger charge is 2.28. The van der Waals surface area contributed by atoms with Crippen molar-refractivity contribution in [3.8, 4) is 0 Å². The molecule has 0 heterocycles. The molecule has 5 nitrogen and oxygen atoms in total. The van der Waals surface area contributed by atoms with Crippen LogP contribution in [0.4, 0.5) is 14.5 Å². The summed E-state index contributed by atoms with van der Waals surface area (Å²) in [4.78, 5) is 9.61. The van der Waals surface area contributed by atoms with Crippen molar-refractivity contribution in [3.05, 3.63) is 39.4 Å². The fourth-order valence-corrected chi connectivity index (χ4v) is 1.41. The third kappa shape index (κ3) is 2.87. The molecule has 1 aromatic rings. The van der Waals surface area contributed by atoms with Crippen LogP contribution in [0, 0.1) is 21.7 Å². The summed E-state index contributed by atoms with van der Waals surface area (Å²) in [6.07, 6.45) is -3.27. The van der Waals surface area contributed by atoms with E-state index in [1.807, 2.05) is 0 Å². The fraction of sp³-hybridized carbons (Fsp3) is 0.333. The second-order valence-corrected chi connectivity index (χ2v) is 3.56. The molecule has 0 saturated heterocycles. The fourth-order valence-electron chi connectivity index (χ4n) is 1.24. The Kier molecular flexibility index (Phi) is 4.33. The highest BCUT2D eigenvalue weighted by molar-refractivity contribution is 6.18. The van der Waals surface area contributed by atoms with Gasteiger partial charge in [0.1, 0.15) is 6.10 Å². The van der Waals surface area contributed by atoms with E-state index in [9.17, 15) is 29.1 Å². The molecule has 0 aliphatic carbocycles. The molecule has 1 rings (SSSR count). The number of rotatable bonds is 4. The van der Waals surface area contributed by atoms with Crippen molar-refractivity contribution in [2.75, 3.05) is 5.88 Å². The monoisotopic (exact) mass is 267 g/mol. The van der Waals surface area contributed by atoms with E-state index >= 15 is 0 Å². The zero-order chi connectivity index (χ0) is 13.2. The van der Waals surface area contributed by atoms with Gasteiger partial charge in [-0.3, -0.25) is 10.1 Å². The number of alkyl halides is 1. The summed E-state index contributed by atoms with van der Waals surface area (Å²) in [5.74, 6) is -3.17. The predicted octanol–water partition coefficient (Wildman–Crippen LogP) is 1.51. The molecule has 0 aliphatic rings. The van der Waals surface area contributed by atoms with E-state index in [0.29, 0.717) is 12.1 Å². The van der Waals surface area contributed by atoms with Gasteiger partial charge in [0.15, 0.2) is 11.6 Å². The van der Waals surface area contributed by atoms with E-state index < -0.39 is 45.9 Å². The Morgan fingerprint density at radius 1 is 1.35 bits per heavy atom. The smallest absolute Gasteiger partial charge is 0.278 e. The molecule has 94 valence electrons. The topological polar surface area (TPSA) is 83.6 Å². The van der Waals surface area contributed by atoms with Gasteiger partial charge in [-0.25, -0.2) is 8.78 Å². The number of benzene rings is 1. The summed E-state index contributed by atoms with van der Waals surface area (Å²) < 4.78 is 25.7. The van der Waals surface area contributed by atoms with Gasteiger partial charge >= 0.3 is 0 Å². The zero-order valence-corrected chi connectivity index (χ0v) is 9.06. The molecule has 1 aromatic carbocycles. The Labute approximate surface area is 99.4 Å². The van der Waals surface area contributed by atoms with Crippen molar-refractivity contribution in [1.29, 1.82) is 0 Å². The number of aliphatic hydroxyl groups excluding tert-OH is 2. The Hall–Kier alpha value is -1.31. The van der Waals surface area contributed by atoms with Crippen LogP contribution in [0.1, 0.15) is 11.7 Å². The summed E-state index contributed by atoms with van der Waals surface area (Å²) >= 11 is 5.25. The van der Waals surface area contributed by atoms with Crippen LogP contribution >= 0.6 is 11.6 Å². The summed E-state index contributed by atoms with van der Waals surface area (Å²) in [5.41, 5.74) is -1.34. The number of nitro benzene ring substituents is 1. The first-order valence-corrected chi connectivity index (χ1v) is 4.97. The van der Waals surface area contributed by atoms with Crippen LogP contribution in [0.5, 0.6) is 0 Å². The average molecular weight is 268 g/mol. The minimum Gasteiger partial charge on any atom is -0.389 e. The van der Waals surface area contributed by atoms with Gasteiger partial charge < -0.3 is 10.2 Å². The lowest BCUT2D eigenvalue weighted by Crippen LogP contribution is -2.21. The van der Waals surface area contributed by atoms with Crippen molar-refractivity contribution in [2.45, 2.75) is 12.2 Å². The second-order valence-electron chi connectivity index (χ2n) is 3.25. The average Bonchev–Trinajstić information content (AvgIpc) is 2.29. The first-order chi connectivity index (χ1) is 7.88. The SMILES string of the molecule is O=[N+]([O-])c1cc(F)c(F)cc1C(O)C(O)CCl.